The van der Waals surface area contributed by atoms with E-state index in [2.05, 4.69) is 27.7 Å². The van der Waals surface area contributed by atoms with E-state index in [9.17, 15) is 9.59 Å². The van der Waals surface area contributed by atoms with Gasteiger partial charge in [-0.2, -0.15) is 10.2 Å². The van der Waals surface area contributed by atoms with Crippen molar-refractivity contribution >= 4 is 35.4 Å². The van der Waals surface area contributed by atoms with E-state index in [1.165, 1.54) is 30.1 Å². The molecule has 0 aromatic heterocycles. The molecule has 1 unspecified atom stereocenters. The molecule has 0 bridgehead atoms. The summed E-state index contributed by atoms with van der Waals surface area (Å²) in [6.45, 7) is 0. The quantitative estimate of drug-likeness (QED) is 0.453. The fraction of sp³-hybridized carbons (Fsp3) is 0.375. The maximum atomic E-state index is 11.5. The molecule has 2 N–H and O–H groups in total. The lowest BCUT2D eigenvalue weighted by Crippen LogP contribution is -2.31. The van der Waals surface area contributed by atoms with Crippen LogP contribution >= 0.6 is 11.8 Å². The minimum absolute atomic E-state index is 0.259. The Hall–Kier alpha value is -2.15. The van der Waals surface area contributed by atoms with Crippen LogP contribution in [0.1, 0.15) is 29.5 Å². The summed E-state index contributed by atoms with van der Waals surface area (Å²) in [5, 5.41) is 18.3. The van der Waals surface area contributed by atoms with Crippen molar-refractivity contribution in [1.29, 1.82) is 0 Å². The first-order chi connectivity index (χ1) is 11.1. The molecule has 0 spiro atoms. The number of fused-ring (bicyclic) bond motifs is 1. The third-order valence-electron chi connectivity index (χ3n) is 3.57. The largest absolute Gasteiger partial charge is 0.481 e. The van der Waals surface area contributed by atoms with E-state index in [1.54, 1.807) is 6.21 Å². The van der Waals surface area contributed by atoms with Crippen molar-refractivity contribution in [2.24, 2.45) is 10.2 Å². The molecule has 1 atom stereocenters. The molecule has 0 fully saturated rings. The van der Waals surface area contributed by atoms with Gasteiger partial charge in [0.1, 0.15) is 0 Å². The number of hydrogen-bond donors (Lipinski definition) is 2. The van der Waals surface area contributed by atoms with Crippen molar-refractivity contribution in [2.75, 3.05) is 7.05 Å². The van der Waals surface area contributed by atoms with E-state index in [0.717, 1.165) is 30.2 Å². The lowest BCUT2D eigenvalue weighted by molar-refractivity contribution is -0.138. The van der Waals surface area contributed by atoms with Crippen LogP contribution in [0.5, 0.6) is 0 Å². The van der Waals surface area contributed by atoms with Crippen molar-refractivity contribution < 1.29 is 14.7 Å². The minimum Gasteiger partial charge on any atom is -0.481 e. The van der Waals surface area contributed by atoms with Gasteiger partial charge in [-0.25, -0.2) is 0 Å². The number of nitrogens with one attached hydrogen (secondary N) is 1. The number of benzene rings is 1. The summed E-state index contributed by atoms with van der Waals surface area (Å²) < 4.78 is 0. The highest BCUT2D eigenvalue weighted by Crippen LogP contribution is 2.22. The molecule has 1 aromatic carbocycles. The second-order valence-corrected chi connectivity index (χ2v) is 6.24. The topological polar surface area (TPSA) is 91.1 Å². The number of nitrogens with zero attached hydrogens (tertiary/aromatic N) is 2. The highest BCUT2D eigenvalue weighted by Gasteiger charge is 2.20. The van der Waals surface area contributed by atoms with Gasteiger partial charge in [0.25, 0.3) is 0 Å². The Balaban J connectivity index is 1.89. The highest BCUT2D eigenvalue weighted by molar-refractivity contribution is 8.13. The fourth-order valence-corrected chi connectivity index (χ4v) is 3.16. The van der Waals surface area contributed by atoms with Gasteiger partial charge in [0, 0.05) is 7.05 Å². The Kier molecular flexibility index (Phi) is 6.34. The Bertz CT molecular complexity index is 643. The zero-order valence-corrected chi connectivity index (χ0v) is 13.7. The molecule has 0 heterocycles. The molecule has 0 saturated carbocycles. The molecule has 1 aliphatic carbocycles. The first-order valence-corrected chi connectivity index (χ1v) is 8.30. The summed E-state index contributed by atoms with van der Waals surface area (Å²) in [5.41, 5.74) is 5.16. The summed E-state index contributed by atoms with van der Waals surface area (Å²) in [7, 11) is 1.47. The van der Waals surface area contributed by atoms with Crippen molar-refractivity contribution in [3.63, 3.8) is 0 Å². The van der Waals surface area contributed by atoms with Crippen LogP contribution in [0.4, 0.5) is 0 Å². The molecule has 6 nitrogen and oxygen atoms in total. The summed E-state index contributed by atoms with van der Waals surface area (Å²) in [4.78, 5) is 22.3. The first kappa shape index (κ1) is 17.2. The normalized spacial score (nSPS) is 15.0. The average molecular weight is 333 g/mol. The molecule has 2 rings (SSSR count). The summed E-state index contributed by atoms with van der Waals surface area (Å²) in [5.74, 6) is -1.37. The van der Waals surface area contributed by atoms with Crippen LogP contribution in [0.2, 0.25) is 0 Å². The third kappa shape index (κ3) is 5.21. The molecule has 7 heteroatoms. The predicted octanol–water partition coefficient (Wildman–Crippen LogP) is 1.86. The van der Waals surface area contributed by atoms with Gasteiger partial charge in [-0.15, -0.1) is 0 Å². The number of carbonyl (C=O) groups is 2. The Labute approximate surface area is 139 Å². The molecule has 122 valence electrons. The Morgan fingerprint density at radius 2 is 2.13 bits per heavy atom. The first-order valence-electron chi connectivity index (χ1n) is 7.35. The van der Waals surface area contributed by atoms with Crippen molar-refractivity contribution in [1.82, 2.24) is 5.32 Å². The van der Waals surface area contributed by atoms with Crippen LogP contribution < -0.4 is 5.32 Å². The van der Waals surface area contributed by atoms with Gasteiger partial charge in [-0.1, -0.05) is 23.9 Å². The molecule has 0 radical (unpaired) electrons. The van der Waals surface area contributed by atoms with E-state index < -0.39 is 11.2 Å². The van der Waals surface area contributed by atoms with Crippen LogP contribution in [-0.4, -0.2) is 41.0 Å². The van der Waals surface area contributed by atoms with Gasteiger partial charge in [-0.05, 0) is 42.0 Å². The number of amides is 1. The SMILES string of the molecule is CNC(=O)C(CC(=O)O)S/C=N/N=C/c1ccc2c(c1)CCC2. The van der Waals surface area contributed by atoms with E-state index >= 15 is 0 Å². The van der Waals surface area contributed by atoms with E-state index in [1.807, 2.05) is 6.07 Å². The van der Waals surface area contributed by atoms with Gasteiger partial charge in [0.2, 0.25) is 5.91 Å². The zero-order valence-electron chi connectivity index (χ0n) is 12.9. The zero-order chi connectivity index (χ0) is 16.7. The fourth-order valence-electron chi connectivity index (χ4n) is 2.42. The molecule has 0 saturated heterocycles. The van der Waals surface area contributed by atoms with E-state index in [0.29, 0.717) is 0 Å². The molecule has 1 aromatic rings. The number of aryl methyl sites for hydroxylation is 2. The number of hydrogen-bond acceptors (Lipinski definition) is 5. The Morgan fingerprint density at radius 1 is 1.35 bits per heavy atom. The monoisotopic (exact) mass is 333 g/mol. The molecule has 23 heavy (non-hydrogen) atoms. The van der Waals surface area contributed by atoms with Gasteiger partial charge in [0.15, 0.2) is 0 Å². The molecular formula is C16H19N3O3S. The van der Waals surface area contributed by atoms with Crippen LogP contribution in [-0.2, 0) is 22.4 Å². The van der Waals surface area contributed by atoms with E-state index in [-0.39, 0.29) is 12.3 Å². The van der Waals surface area contributed by atoms with Gasteiger partial charge in [0.05, 0.1) is 23.4 Å². The lowest BCUT2D eigenvalue weighted by Gasteiger charge is -2.08. The summed E-state index contributed by atoms with van der Waals surface area (Å²) >= 11 is 1.04. The number of carbonyl (C=O) groups excluding carboxylic acids is 1. The van der Waals surface area contributed by atoms with Crippen LogP contribution in [0.25, 0.3) is 0 Å². The molecule has 0 aliphatic heterocycles. The maximum absolute atomic E-state index is 11.5. The second kappa shape index (κ2) is 8.47. The Morgan fingerprint density at radius 3 is 2.87 bits per heavy atom. The number of carboxylic acids is 1. The van der Waals surface area contributed by atoms with Crippen LogP contribution in [0.15, 0.2) is 28.4 Å². The number of carboxylic acid groups (broad SMARTS) is 1. The summed E-state index contributed by atoms with van der Waals surface area (Å²) in [6.07, 6.45) is 4.85. The minimum atomic E-state index is -1.03. The van der Waals surface area contributed by atoms with E-state index in [4.69, 9.17) is 5.11 Å². The number of aliphatic carboxylic acids is 1. The predicted molar refractivity (Wildman–Crippen MR) is 92.3 cm³/mol. The smallest absolute Gasteiger partial charge is 0.305 e. The van der Waals surface area contributed by atoms with Crippen molar-refractivity contribution in [3.05, 3.63) is 34.9 Å². The number of thioether (sulfide) groups is 1. The average Bonchev–Trinajstić information content (AvgIpc) is 3.00. The van der Waals surface area contributed by atoms with Gasteiger partial charge >= 0.3 is 5.97 Å². The highest BCUT2D eigenvalue weighted by atomic mass is 32.2. The standard InChI is InChI=1S/C16H19N3O3S/c1-17-16(22)14(8-15(20)21)23-10-19-18-9-11-5-6-12-3-2-4-13(12)7-11/h5-7,9-10,14H,2-4,8H2,1H3,(H,17,22)(H,20,21)/b18-9+,19-10+. The van der Waals surface area contributed by atoms with Crippen LogP contribution in [0, 0.1) is 0 Å². The third-order valence-corrected chi connectivity index (χ3v) is 4.49. The molecule has 1 amide bonds. The van der Waals surface area contributed by atoms with Crippen molar-refractivity contribution in [3.8, 4) is 0 Å². The van der Waals surface area contributed by atoms with Gasteiger partial charge < -0.3 is 10.4 Å². The lowest BCUT2D eigenvalue weighted by atomic mass is 10.1. The molecule has 1 aliphatic rings. The summed E-state index contributed by atoms with van der Waals surface area (Å²) in [6, 6.07) is 6.25. The van der Waals surface area contributed by atoms with Gasteiger partial charge in [-0.3, -0.25) is 9.59 Å². The number of rotatable bonds is 7. The second-order valence-electron chi connectivity index (χ2n) is 5.18. The molecular weight excluding hydrogens is 314 g/mol. The maximum Gasteiger partial charge on any atom is 0.305 e. The van der Waals surface area contributed by atoms with Crippen molar-refractivity contribution in [2.45, 2.75) is 30.9 Å². The van der Waals surface area contributed by atoms with Crippen LogP contribution in [0.3, 0.4) is 0 Å².